The number of nitrogens with one attached hydrogen (secondary N) is 1. The van der Waals surface area contributed by atoms with Gasteiger partial charge in [0.2, 0.25) is 0 Å². The zero-order chi connectivity index (χ0) is 9.56. The Kier molecular flexibility index (Phi) is 5.18. The summed E-state index contributed by atoms with van der Waals surface area (Å²) >= 11 is 0. The Hall–Kier alpha value is -0.980. The largest absolute Gasteiger partial charge is 0.392 e. The normalized spacial score (nSPS) is 13.4. The van der Waals surface area contributed by atoms with E-state index in [1.165, 1.54) is 5.57 Å². The van der Waals surface area contributed by atoms with Crippen LogP contribution < -0.4 is 5.32 Å². The summed E-state index contributed by atoms with van der Waals surface area (Å²) in [5.41, 5.74) is 2.43. The van der Waals surface area contributed by atoms with Crippen molar-refractivity contribution in [2.24, 2.45) is 5.92 Å². The van der Waals surface area contributed by atoms with E-state index < -0.39 is 0 Å². The fourth-order valence-corrected chi connectivity index (χ4v) is 0.801. The van der Waals surface area contributed by atoms with E-state index in [4.69, 9.17) is 0 Å². The van der Waals surface area contributed by atoms with Crippen molar-refractivity contribution in [3.63, 3.8) is 0 Å². The summed E-state index contributed by atoms with van der Waals surface area (Å²) in [4.78, 5) is 0. The third-order valence-corrected chi connectivity index (χ3v) is 1.82. The van der Waals surface area contributed by atoms with E-state index in [0.29, 0.717) is 5.92 Å². The van der Waals surface area contributed by atoms with Crippen LogP contribution in [0, 0.1) is 5.92 Å². The van der Waals surface area contributed by atoms with Crippen LogP contribution in [0.3, 0.4) is 0 Å². The van der Waals surface area contributed by atoms with Gasteiger partial charge in [-0.15, -0.1) is 0 Å². The van der Waals surface area contributed by atoms with Gasteiger partial charge in [0.15, 0.2) is 0 Å². The van der Waals surface area contributed by atoms with Crippen molar-refractivity contribution < 1.29 is 0 Å². The maximum atomic E-state index is 3.77. The molecule has 0 unspecified atom stereocenters. The zero-order valence-electron chi connectivity index (χ0n) is 8.52. The molecule has 0 aromatic carbocycles. The highest BCUT2D eigenvalue weighted by Gasteiger charge is 1.95. The molecule has 12 heavy (non-hydrogen) atoms. The van der Waals surface area contributed by atoms with Crippen LogP contribution >= 0.6 is 0 Å². The predicted molar refractivity (Wildman–Crippen MR) is 55.9 cm³/mol. The standard InChI is InChI=1S/C11H19N/c1-6-11(9(2)3)8-7-10(4)12-5/h6-9,12H,1H2,2-5H3/b10-7+,11-8+. The molecule has 0 aromatic rings. The molecule has 1 nitrogen and oxygen atoms in total. The van der Waals surface area contributed by atoms with E-state index in [2.05, 4.69) is 37.9 Å². The smallest absolute Gasteiger partial charge is 0.00725 e. The van der Waals surface area contributed by atoms with Gasteiger partial charge in [0, 0.05) is 12.7 Å². The molecule has 0 radical (unpaired) electrons. The summed E-state index contributed by atoms with van der Waals surface area (Å²) in [6, 6.07) is 0. The molecular formula is C11H19N. The van der Waals surface area contributed by atoms with Gasteiger partial charge in [-0.2, -0.15) is 0 Å². The van der Waals surface area contributed by atoms with Crippen molar-refractivity contribution in [3.8, 4) is 0 Å². The SMILES string of the molecule is C=C/C(=C\C=C(/C)NC)C(C)C. The third kappa shape index (κ3) is 4.02. The van der Waals surface area contributed by atoms with Crippen LogP contribution in [-0.4, -0.2) is 7.05 Å². The molecule has 0 atom stereocenters. The Balaban J connectivity index is 4.40. The molecule has 0 bridgehead atoms. The molecule has 0 saturated carbocycles. The molecule has 0 spiro atoms. The number of allylic oxidation sites excluding steroid dienone is 5. The first-order valence-electron chi connectivity index (χ1n) is 4.30. The minimum Gasteiger partial charge on any atom is -0.392 e. The van der Waals surface area contributed by atoms with Gasteiger partial charge in [0.05, 0.1) is 0 Å². The Morgan fingerprint density at radius 1 is 1.33 bits per heavy atom. The summed E-state index contributed by atoms with van der Waals surface area (Å²) in [5.74, 6) is 0.545. The fraction of sp³-hybridized carbons (Fsp3) is 0.455. The van der Waals surface area contributed by atoms with Gasteiger partial charge in [0.25, 0.3) is 0 Å². The molecule has 0 heterocycles. The summed E-state index contributed by atoms with van der Waals surface area (Å²) in [7, 11) is 1.92. The lowest BCUT2D eigenvalue weighted by Gasteiger charge is -2.04. The van der Waals surface area contributed by atoms with Crippen molar-refractivity contribution in [2.45, 2.75) is 20.8 Å². The lowest BCUT2D eigenvalue weighted by Crippen LogP contribution is -2.00. The van der Waals surface area contributed by atoms with E-state index >= 15 is 0 Å². The lowest BCUT2D eigenvalue weighted by atomic mass is 10.0. The maximum absolute atomic E-state index is 3.77. The molecule has 0 saturated heterocycles. The number of hydrogen-bond donors (Lipinski definition) is 1. The maximum Gasteiger partial charge on any atom is 0.00725 e. The molecule has 0 aliphatic heterocycles. The van der Waals surface area contributed by atoms with Crippen LogP contribution in [0.5, 0.6) is 0 Å². The highest BCUT2D eigenvalue weighted by Crippen LogP contribution is 2.10. The van der Waals surface area contributed by atoms with Crippen LogP contribution in [0.15, 0.2) is 36.1 Å². The molecule has 0 aliphatic rings. The lowest BCUT2D eigenvalue weighted by molar-refractivity contribution is 0.792. The molecule has 68 valence electrons. The topological polar surface area (TPSA) is 12.0 Å². The quantitative estimate of drug-likeness (QED) is 0.632. The first-order valence-corrected chi connectivity index (χ1v) is 4.30. The number of rotatable bonds is 4. The summed E-state index contributed by atoms with van der Waals surface area (Å²) in [5, 5.41) is 3.07. The second-order valence-corrected chi connectivity index (χ2v) is 3.13. The highest BCUT2D eigenvalue weighted by atomic mass is 14.8. The predicted octanol–water partition coefficient (Wildman–Crippen LogP) is 2.88. The highest BCUT2D eigenvalue weighted by molar-refractivity contribution is 5.25. The molecule has 0 aromatic heterocycles. The minimum atomic E-state index is 0.545. The second kappa shape index (κ2) is 5.64. The Labute approximate surface area is 75.9 Å². The summed E-state index contributed by atoms with van der Waals surface area (Å²) in [6.45, 7) is 10.1. The Morgan fingerprint density at radius 3 is 2.25 bits per heavy atom. The van der Waals surface area contributed by atoms with Gasteiger partial charge in [-0.1, -0.05) is 32.6 Å². The molecular weight excluding hydrogens is 146 g/mol. The van der Waals surface area contributed by atoms with Gasteiger partial charge >= 0.3 is 0 Å². The van der Waals surface area contributed by atoms with Crippen LogP contribution in [0.2, 0.25) is 0 Å². The van der Waals surface area contributed by atoms with Crippen LogP contribution in [-0.2, 0) is 0 Å². The Bertz CT molecular complexity index is 197. The van der Waals surface area contributed by atoms with Gasteiger partial charge < -0.3 is 5.32 Å². The van der Waals surface area contributed by atoms with Crippen molar-refractivity contribution in [3.05, 3.63) is 36.1 Å². The van der Waals surface area contributed by atoms with E-state index in [0.717, 1.165) is 5.70 Å². The van der Waals surface area contributed by atoms with E-state index in [1.807, 2.05) is 20.0 Å². The van der Waals surface area contributed by atoms with Crippen molar-refractivity contribution in [1.29, 1.82) is 0 Å². The van der Waals surface area contributed by atoms with Gasteiger partial charge in [-0.25, -0.2) is 0 Å². The van der Waals surface area contributed by atoms with Crippen molar-refractivity contribution in [2.75, 3.05) is 7.05 Å². The number of hydrogen-bond acceptors (Lipinski definition) is 1. The van der Waals surface area contributed by atoms with Gasteiger partial charge in [-0.3, -0.25) is 0 Å². The first-order chi connectivity index (χ1) is 5.61. The first kappa shape index (κ1) is 11.0. The molecule has 1 N–H and O–H groups in total. The minimum absolute atomic E-state index is 0.545. The molecule has 1 heteroatoms. The summed E-state index contributed by atoms with van der Waals surface area (Å²) < 4.78 is 0. The van der Waals surface area contributed by atoms with Crippen LogP contribution in [0.4, 0.5) is 0 Å². The molecule has 0 rings (SSSR count). The molecule has 0 aliphatic carbocycles. The molecule has 0 amide bonds. The Morgan fingerprint density at radius 2 is 1.92 bits per heavy atom. The van der Waals surface area contributed by atoms with Gasteiger partial charge in [-0.05, 0) is 24.5 Å². The van der Waals surface area contributed by atoms with Gasteiger partial charge in [0.1, 0.15) is 0 Å². The second-order valence-electron chi connectivity index (χ2n) is 3.13. The zero-order valence-corrected chi connectivity index (χ0v) is 8.52. The van der Waals surface area contributed by atoms with Crippen LogP contribution in [0.25, 0.3) is 0 Å². The average molecular weight is 165 g/mol. The van der Waals surface area contributed by atoms with Crippen molar-refractivity contribution in [1.82, 2.24) is 5.32 Å². The fourth-order valence-electron chi connectivity index (χ4n) is 0.801. The van der Waals surface area contributed by atoms with Crippen molar-refractivity contribution >= 4 is 0 Å². The van der Waals surface area contributed by atoms with Crippen LogP contribution in [0.1, 0.15) is 20.8 Å². The monoisotopic (exact) mass is 165 g/mol. The summed E-state index contributed by atoms with van der Waals surface area (Å²) in [6.07, 6.45) is 6.07. The van der Waals surface area contributed by atoms with E-state index in [9.17, 15) is 0 Å². The van der Waals surface area contributed by atoms with E-state index in [-0.39, 0.29) is 0 Å². The average Bonchev–Trinajstić information content (AvgIpc) is 2.04. The molecule has 0 fully saturated rings. The van der Waals surface area contributed by atoms with E-state index in [1.54, 1.807) is 0 Å². The third-order valence-electron chi connectivity index (χ3n) is 1.82.